The van der Waals surface area contributed by atoms with Gasteiger partial charge in [0.25, 0.3) is 0 Å². The van der Waals surface area contributed by atoms with Gasteiger partial charge < -0.3 is 10.1 Å². The number of hydrogen-bond acceptors (Lipinski definition) is 2. The highest BCUT2D eigenvalue weighted by Crippen LogP contribution is 2.53. The molecule has 3 rings (SSSR count). The first kappa shape index (κ1) is 12.1. The van der Waals surface area contributed by atoms with Gasteiger partial charge in [0, 0.05) is 12.0 Å². The minimum Gasteiger partial charge on any atom is -0.493 e. The Kier molecular flexibility index (Phi) is 2.91. The summed E-state index contributed by atoms with van der Waals surface area (Å²) in [7, 11) is 0. The van der Waals surface area contributed by atoms with Gasteiger partial charge in [-0.2, -0.15) is 0 Å². The summed E-state index contributed by atoms with van der Waals surface area (Å²) in [5.41, 5.74) is 1.02. The van der Waals surface area contributed by atoms with Crippen molar-refractivity contribution in [3.63, 3.8) is 0 Å². The molecule has 0 radical (unpaired) electrons. The fourth-order valence-electron chi connectivity index (χ4n) is 2.26. The van der Waals surface area contributed by atoms with Crippen molar-refractivity contribution in [3.05, 3.63) is 29.8 Å². The van der Waals surface area contributed by atoms with E-state index in [1.54, 1.807) is 0 Å². The third kappa shape index (κ3) is 2.17. The lowest BCUT2D eigenvalue weighted by molar-refractivity contribution is -0.123. The zero-order valence-electron chi connectivity index (χ0n) is 9.66. The Morgan fingerprint density at radius 3 is 2.83 bits per heavy atom. The molecule has 0 aromatic heterocycles. The van der Waals surface area contributed by atoms with Gasteiger partial charge in [-0.1, -0.05) is 18.2 Å². The molecule has 5 heteroatoms. The van der Waals surface area contributed by atoms with Crippen LogP contribution in [0.25, 0.3) is 0 Å². The van der Waals surface area contributed by atoms with Crippen LogP contribution in [0.15, 0.2) is 24.3 Å². The summed E-state index contributed by atoms with van der Waals surface area (Å²) in [4.78, 5) is 12.0. The van der Waals surface area contributed by atoms with Gasteiger partial charge in [-0.05, 0) is 12.5 Å². The predicted molar refractivity (Wildman–Crippen MR) is 70.0 cm³/mol. The molecule has 1 fully saturated rings. The van der Waals surface area contributed by atoms with Crippen LogP contribution < -0.4 is 10.1 Å². The van der Waals surface area contributed by atoms with Gasteiger partial charge in [0.15, 0.2) is 0 Å². The highest BCUT2D eigenvalue weighted by Gasteiger charge is 2.56. The van der Waals surface area contributed by atoms with E-state index in [1.165, 1.54) is 0 Å². The number of amides is 1. The molecule has 1 N–H and O–H groups in total. The van der Waals surface area contributed by atoms with Gasteiger partial charge in [-0.15, -0.1) is 23.2 Å². The van der Waals surface area contributed by atoms with E-state index < -0.39 is 4.33 Å². The van der Waals surface area contributed by atoms with Crippen molar-refractivity contribution in [2.45, 2.75) is 23.2 Å². The van der Waals surface area contributed by atoms with E-state index in [9.17, 15) is 4.79 Å². The van der Waals surface area contributed by atoms with Gasteiger partial charge in [0.05, 0.1) is 18.6 Å². The Bertz CT molecular complexity index is 490. The van der Waals surface area contributed by atoms with Crippen molar-refractivity contribution >= 4 is 29.1 Å². The van der Waals surface area contributed by atoms with Crippen molar-refractivity contribution in [2.24, 2.45) is 5.92 Å². The van der Waals surface area contributed by atoms with Gasteiger partial charge in [-0.3, -0.25) is 4.79 Å². The lowest BCUT2D eigenvalue weighted by Crippen LogP contribution is -2.34. The molecule has 0 spiro atoms. The summed E-state index contributed by atoms with van der Waals surface area (Å²) in [6, 6.07) is 7.75. The predicted octanol–water partition coefficient (Wildman–Crippen LogP) is 2.82. The van der Waals surface area contributed by atoms with Crippen LogP contribution in [0, 0.1) is 5.92 Å². The maximum Gasteiger partial charge on any atom is 0.226 e. The molecule has 2 atom stereocenters. The van der Waals surface area contributed by atoms with Crippen LogP contribution in [0.3, 0.4) is 0 Å². The van der Waals surface area contributed by atoms with Crippen molar-refractivity contribution in [1.82, 2.24) is 5.32 Å². The molecule has 2 aliphatic rings. The number of para-hydroxylation sites is 1. The number of alkyl halides is 2. The molecular formula is C13H13Cl2NO2. The van der Waals surface area contributed by atoms with Gasteiger partial charge in [0.2, 0.25) is 5.91 Å². The summed E-state index contributed by atoms with van der Waals surface area (Å²) in [6.45, 7) is 0.611. The molecule has 18 heavy (non-hydrogen) atoms. The molecule has 1 heterocycles. The van der Waals surface area contributed by atoms with Crippen LogP contribution in [-0.4, -0.2) is 16.8 Å². The number of carbonyl (C=O) groups is 1. The normalized spacial score (nSPS) is 27.9. The lowest BCUT2D eigenvalue weighted by Gasteiger charge is -2.26. The molecule has 2 unspecified atom stereocenters. The van der Waals surface area contributed by atoms with Crippen LogP contribution in [0.4, 0.5) is 0 Å². The summed E-state index contributed by atoms with van der Waals surface area (Å²) in [5.74, 6) is 0.491. The quantitative estimate of drug-likeness (QED) is 0.849. The first-order valence-electron chi connectivity index (χ1n) is 5.98. The molecule has 1 amide bonds. The number of fused-ring (bicyclic) bond motifs is 1. The smallest absolute Gasteiger partial charge is 0.226 e. The van der Waals surface area contributed by atoms with E-state index in [4.69, 9.17) is 27.9 Å². The molecule has 0 bridgehead atoms. The monoisotopic (exact) mass is 285 g/mol. The maximum absolute atomic E-state index is 12.0. The molecule has 1 aromatic rings. The van der Waals surface area contributed by atoms with E-state index in [0.717, 1.165) is 17.7 Å². The number of ether oxygens (including phenoxy) is 1. The third-order valence-corrected chi connectivity index (χ3v) is 4.25. The second-order valence-electron chi connectivity index (χ2n) is 4.75. The first-order valence-corrected chi connectivity index (χ1v) is 6.73. The molecule has 0 saturated heterocycles. The second kappa shape index (κ2) is 4.32. The third-order valence-electron chi connectivity index (χ3n) is 3.42. The van der Waals surface area contributed by atoms with E-state index >= 15 is 0 Å². The van der Waals surface area contributed by atoms with Crippen molar-refractivity contribution in [1.29, 1.82) is 0 Å². The van der Waals surface area contributed by atoms with Crippen LogP contribution in [0.5, 0.6) is 5.75 Å². The minimum atomic E-state index is -0.866. The highest BCUT2D eigenvalue weighted by atomic mass is 35.5. The number of nitrogens with one attached hydrogen (secondary N) is 1. The number of carbonyl (C=O) groups excluding carboxylic acids is 1. The first-order chi connectivity index (χ1) is 8.58. The minimum absolute atomic E-state index is 0.00724. The maximum atomic E-state index is 12.0. The van der Waals surface area contributed by atoms with Gasteiger partial charge >= 0.3 is 0 Å². The standard InChI is InChI=1S/C13H13Cl2NO2/c14-13(15)7-9(13)12(17)16-10-5-6-18-11-4-2-1-3-8(10)11/h1-4,9-10H,5-7H2,(H,16,17). The van der Waals surface area contributed by atoms with E-state index in [2.05, 4.69) is 5.32 Å². The van der Waals surface area contributed by atoms with Gasteiger partial charge in [-0.25, -0.2) is 0 Å². The van der Waals surface area contributed by atoms with E-state index in [0.29, 0.717) is 13.0 Å². The van der Waals surface area contributed by atoms with E-state index in [-0.39, 0.29) is 17.9 Å². The molecular weight excluding hydrogens is 273 g/mol. The molecule has 3 nitrogen and oxygen atoms in total. The zero-order chi connectivity index (χ0) is 12.8. The number of halogens is 2. The fraction of sp³-hybridized carbons (Fsp3) is 0.462. The van der Waals surface area contributed by atoms with Crippen LogP contribution >= 0.6 is 23.2 Å². The Balaban J connectivity index is 1.73. The Labute approximate surface area is 115 Å². The number of benzene rings is 1. The van der Waals surface area contributed by atoms with Crippen LogP contribution in [-0.2, 0) is 4.79 Å². The Morgan fingerprint density at radius 1 is 1.39 bits per heavy atom. The molecule has 1 saturated carbocycles. The van der Waals surface area contributed by atoms with E-state index in [1.807, 2.05) is 24.3 Å². The van der Waals surface area contributed by atoms with Crippen LogP contribution in [0.1, 0.15) is 24.4 Å². The molecule has 1 aliphatic heterocycles. The molecule has 1 aliphatic carbocycles. The van der Waals surface area contributed by atoms with Crippen molar-refractivity contribution in [2.75, 3.05) is 6.61 Å². The lowest BCUT2D eigenvalue weighted by atomic mass is 10.0. The molecule has 1 aromatic carbocycles. The van der Waals surface area contributed by atoms with Crippen molar-refractivity contribution < 1.29 is 9.53 Å². The summed E-state index contributed by atoms with van der Waals surface area (Å²) >= 11 is 11.8. The average Bonchev–Trinajstić information content (AvgIpc) is 2.99. The van der Waals surface area contributed by atoms with Crippen LogP contribution in [0.2, 0.25) is 0 Å². The molecule has 96 valence electrons. The van der Waals surface area contributed by atoms with Gasteiger partial charge in [0.1, 0.15) is 10.1 Å². The summed E-state index contributed by atoms with van der Waals surface area (Å²) < 4.78 is 4.68. The SMILES string of the molecule is O=C(NC1CCOc2ccccc21)C1CC1(Cl)Cl. The summed E-state index contributed by atoms with van der Waals surface area (Å²) in [5, 5.41) is 3.00. The summed E-state index contributed by atoms with van der Waals surface area (Å²) in [6.07, 6.45) is 1.31. The average molecular weight is 286 g/mol. The highest BCUT2D eigenvalue weighted by molar-refractivity contribution is 6.52. The topological polar surface area (TPSA) is 38.3 Å². The Morgan fingerprint density at radius 2 is 2.11 bits per heavy atom. The number of rotatable bonds is 2. The van der Waals surface area contributed by atoms with Crippen molar-refractivity contribution in [3.8, 4) is 5.75 Å². The largest absolute Gasteiger partial charge is 0.493 e. The second-order valence-corrected chi connectivity index (χ2v) is 6.30. The number of hydrogen-bond donors (Lipinski definition) is 1. The zero-order valence-corrected chi connectivity index (χ0v) is 11.2. The Hall–Kier alpha value is -0.930. The fourth-order valence-corrected chi connectivity index (χ4v) is 2.77.